The van der Waals surface area contributed by atoms with Crippen molar-refractivity contribution in [1.29, 1.82) is 0 Å². The van der Waals surface area contributed by atoms with E-state index < -0.39 is 0 Å². The van der Waals surface area contributed by atoms with Crippen LogP contribution >= 0.6 is 11.6 Å². The van der Waals surface area contributed by atoms with Crippen LogP contribution in [0.25, 0.3) is 11.6 Å². The number of nitrogens with zero attached hydrogens (tertiary/aromatic N) is 5. The fourth-order valence-corrected chi connectivity index (χ4v) is 5.50. The summed E-state index contributed by atoms with van der Waals surface area (Å²) in [5.74, 6) is 0.346. The Bertz CT molecular complexity index is 1510. The van der Waals surface area contributed by atoms with Crippen molar-refractivity contribution in [3.8, 4) is 5.75 Å². The van der Waals surface area contributed by atoms with Crippen LogP contribution in [0.4, 0.5) is 11.8 Å². The number of nitrogen functional groups attached to an aromatic ring is 1. The number of aryl methyl sites for hydroxylation is 1. The van der Waals surface area contributed by atoms with Crippen LogP contribution in [-0.2, 0) is 11.3 Å². The minimum Gasteiger partial charge on any atom is -0.496 e. The number of H-pyrrole nitrogens is 1. The standard InChI is InChI=1S/C28H33ClN8O4/c1-15-12-33-21(16(2)23(15)41-3)14-37-25-22(24(29)34-28(30)35-25)20(27(37)40)11-18-10-17(13-32-18)26(39)31-6-9-36-7-4-19(38)5-8-36/h10-13,19,32,38H,4-9,14H2,1-3H3,(H,31,39)(H2,30,34,35)/b20-11+. The van der Waals surface area contributed by atoms with Gasteiger partial charge in [0.1, 0.15) is 10.9 Å². The smallest absolute Gasteiger partial charge is 0.260 e. The van der Waals surface area contributed by atoms with Gasteiger partial charge in [-0.1, -0.05) is 11.6 Å². The van der Waals surface area contributed by atoms with Crippen molar-refractivity contribution >= 4 is 46.8 Å². The second-order valence-electron chi connectivity index (χ2n) is 10.2. The fraction of sp³-hybridized carbons (Fsp3) is 0.393. The molecule has 3 aromatic rings. The van der Waals surface area contributed by atoms with Gasteiger partial charge in [-0.15, -0.1) is 0 Å². The van der Waals surface area contributed by atoms with Gasteiger partial charge in [-0.05, 0) is 38.8 Å². The second kappa shape index (κ2) is 11.9. The van der Waals surface area contributed by atoms with Crippen molar-refractivity contribution in [2.75, 3.05) is 43.9 Å². The molecule has 5 heterocycles. The molecule has 0 aromatic carbocycles. The van der Waals surface area contributed by atoms with E-state index in [0.29, 0.717) is 41.4 Å². The average molecular weight is 581 g/mol. The van der Waals surface area contributed by atoms with E-state index in [4.69, 9.17) is 22.1 Å². The lowest BCUT2D eigenvalue weighted by molar-refractivity contribution is -0.113. The average Bonchev–Trinajstić information content (AvgIpc) is 3.50. The van der Waals surface area contributed by atoms with Crippen LogP contribution in [-0.4, -0.2) is 81.1 Å². The highest BCUT2D eigenvalue weighted by molar-refractivity contribution is 6.41. The van der Waals surface area contributed by atoms with E-state index in [0.717, 1.165) is 37.1 Å². The number of hydrogen-bond acceptors (Lipinski definition) is 9. The number of anilines is 2. The van der Waals surface area contributed by atoms with Crippen LogP contribution in [0.3, 0.4) is 0 Å². The number of aromatic nitrogens is 4. The van der Waals surface area contributed by atoms with Crippen molar-refractivity contribution in [3.05, 3.63) is 57.3 Å². The Kier molecular flexibility index (Phi) is 8.25. The third-order valence-corrected chi connectivity index (χ3v) is 7.73. The number of likely N-dealkylation sites (tertiary alicyclic amines) is 1. The number of rotatable bonds is 8. The van der Waals surface area contributed by atoms with Gasteiger partial charge in [-0.3, -0.25) is 19.5 Å². The monoisotopic (exact) mass is 580 g/mol. The molecule has 0 unspecified atom stereocenters. The number of fused-ring (bicyclic) bond motifs is 1. The molecule has 0 atom stereocenters. The van der Waals surface area contributed by atoms with Gasteiger partial charge >= 0.3 is 0 Å². The Morgan fingerprint density at radius 2 is 2.07 bits per heavy atom. The van der Waals surface area contributed by atoms with Gasteiger partial charge in [0.15, 0.2) is 5.82 Å². The number of nitrogens with two attached hydrogens (primary N) is 1. The molecular formula is C28H33ClN8O4. The molecule has 0 radical (unpaired) electrons. The lowest BCUT2D eigenvalue weighted by atomic mass is 10.1. The summed E-state index contributed by atoms with van der Waals surface area (Å²) in [5, 5.41) is 12.6. The number of amides is 2. The molecule has 41 heavy (non-hydrogen) atoms. The fourth-order valence-electron chi connectivity index (χ4n) is 5.23. The maximum atomic E-state index is 13.7. The van der Waals surface area contributed by atoms with Crippen molar-refractivity contribution in [2.45, 2.75) is 39.3 Å². The predicted molar refractivity (Wildman–Crippen MR) is 156 cm³/mol. The SMILES string of the molecule is COc1c(C)cnc(CN2C(=O)/C(=C/c3cc(C(=O)NCCN4CCC(O)CC4)c[nH]3)c3c(Cl)nc(N)nc32)c1C. The summed E-state index contributed by atoms with van der Waals surface area (Å²) in [5.41, 5.74) is 9.82. The number of carbonyl (C=O) groups is 2. The zero-order valence-electron chi connectivity index (χ0n) is 23.2. The molecule has 0 aliphatic carbocycles. The molecule has 5 rings (SSSR count). The van der Waals surface area contributed by atoms with E-state index >= 15 is 0 Å². The van der Waals surface area contributed by atoms with Crippen LogP contribution in [0.5, 0.6) is 5.75 Å². The molecule has 0 spiro atoms. The largest absolute Gasteiger partial charge is 0.496 e. The van der Waals surface area contributed by atoms with Crippen LogP contribution in [0.1, 0.15) is 51.3 Å². The summed E-state index contributed by atoms with van der Waals surface area (Å²) in [7, 11) is 1.59. The molecule has 2 aliphatic heterocycles. The lowest BCUT2D eigenvalue weighted by Crippen LogP contribution is -2.40. The van der Waals surface area contributed by atoms with Gasteiger partial charge in [-0.2, -0.15) is 4.98 Å². The number of hydrogen-bond donors (Lipinski definition) is 4. The first-order valence-corrected chi connectivity index (χ1v) is 13.8. The van der Waals surface area contributed by atoms with Gasteiger partial charge in [0, 0.05) is 55.4 Å². The van der Waals surface area contributed by atoms with Gasteiger partial charge in [0.2, 0.25) is 5.95 Å². The second-order valence-corrected chi connectivity index (χ2v) is 10.6. The number of ether oxygens (including phenoxy) is 1. The van der Waals surface area contributed by atoms with Gasteiger partial charge in [0.25, 0.3) is 11.8 Å². The first-order valence-electron chi connectivity index (χ1n) is 13.4. The van der Waals surface area contributed by atoms with E-state index in [1.807, 2.05) is 13.8 Å². The van der Waals surface area contributed by atoms with Crippen molar-refractivity contribution in [2.24, 2.45) is 0 Å². The normalized spacial score (nSPS) is 16.9. The third-order valence-electron chi connectivity index (χ3n) is 7.46. The van der Waals surface area contributed by atoms with Gasteiger partial charge < -0.3 is 30.8 Å². The molecule has 13 heteroatoms. The van der Waals surface area contributed by atoms with Gasteiger partial charge in [-0.25, -0.2) is 4.98 Å². The summed E-state index contributed by atoms with van der Waals surface area (Å²) in [6, 6.07) is 1.66. The zero-order valence-corrected chi connectivity index (χ0v) is 24.0. The zero-order chi connectivity index (χ0) is 29.3. The summed E-state index contributed by atoms with van der Waals surface area (Å²) < 4.78 is 5.53. The summed E-state index contributed by atoms with van der Waals surface area (Å²) in [4.78, 5) is 46.1. The number of methoxy groups -OCH3 is 1. The third kappa shape index (κ3) is 5.90. The highest BCUT2D eigenvalue weighted by Crippen LogP contribution is 2.41. The number of nitrogens with one attached hydrogen (secondary N) is 2. The predicted octanol–water partition coefficient (Wildman–Crippen LogP) is 2.33. The summed E-state index contributed by atoms with van der Waals surface area (Å²) >= 11 is 6.48. The molecular weight excluding hydrogens is 548 g/mol. The Labute approximate surface area is 242 Å². The van der Waals surface area contributed by atoms with E-state index in [1.54, 1.807) is 31.6 Å². The highest BCUT2D eigenvalue weighted by Gasteiger charge is 2.37. The number of aromatic amines is 1. The Morgan fingerprint density at radius 1 is 1.32 bits per heavy atom. The number of aliphatic hydroxyl groups is 1. The first-order chi connectivity index (χ1) is 19.7. The number of pyridine rings is 1. The van der Waals surface area contributed by atoms with E-state index in [1.165, 1.54) is 4.90 Å². The van der Waals surface area contributed by atoms with E-state index in [2.05, 4.69) is 30.2 Å². The Hall–Kier alpha value is -4.00. The summed E-state index contributed by atoms with van der Waals surface area (Å²) in [6.45, 7) is 6.74. The molecule has 3 aromatic heterocycles. The molecule has 2 amide bonds. The number of carbonyl (C=O) groups excluding carboxylic acids is 2. The molecule has 2 aliphatic rings. The number of halogens is 1. The van der Waals surface area contributed by atoms with Crippen LogP contribution < -0.4 is 20.7 Å². The molecule has 1 fully saturated rings. The highest BCUT2D eigenvalue weighted by atomic mass is 35.5. The van der Waals surface area contributed by atoms with Crippen molar-refractivity contribution < 1.29 is 19.4 Å². The molecule has 5 N–H and O–H groups in total. The van der Waals surface area contributed by atoms with Crippen molar-refractivity contribution in [1.82, 2.24) is 30.2 Å². The number of aliphatic hydroxyl groups excluding tert-OH is 1. The molecule has 216 valence electrons. The maximum absolute atomic E-state index is 13.7. The Morgan fingerprint density at radius 3 is 2.80 bits per heavy atom. The molecule has 1 saturated heterocycles. The maximum Gasteiger partial charge on any atom is 0.260 e. The van der Waals surface area contributed by atoms with Crippen LogP contribution in [0.2, 0.25) is 5.15 Å². The van der Waals surface area contributed by atoms with Crippen LogP contribution in [0, 0.1) is 13.8 Å². The van der Waals surface area contributed by atoms with Gasteiger partial charge in [0.05, 0.1) is 42.2 Å². The first kappa shape index (κ1) is 28.5. The van der Waals surface area contributed by atoms with Crippen LogP contribution in [0.15, 0.2) is 18.5 Å². The van der Waals surface area contributed by atoms with E-state index in [9.17, 15) is 14.7 Å². The quantitative estimate of drug-likeness (QED) is 0.231. The van der Waals surface area contributed by atoms with Crippen molar-refractivity contribution in [3.63, 3.8) is 0 Å². The minimum atomic E-state index is -0.352. The minimum absolute atomic E-state index is 0.0514. The summed E-state index contributed by atoms with van der Waals surface area (Å²) in [6.07, 6.45) is 6.18. The lowest BCUT2D eigenvalue weighted by Gasteiger charge is -2.29. The Balaban J connectivity index is 1.36. The molecule has 0 saturated carbocycles. The molecule has 12 nitrogen and oxygen atoms in total. The topological polar surface area (TPSA) is 163 Å². The molecule has 0 bridgehead atoms. The number of piperidine rings is 1. The van der Waals surface area contributed by atoms with E-state index in [-0.39, 0.29) is 47.0 Å².